The van der Waals surface area contributed by atoms with Gasteiger partial charge in [0, 0.05) is 6.42 Å². The summed E-state index contributed by atoms with van der Waals surface area (Å²) in [5.74, 6) is 0.836. The quantitative estimate of drug-likeness (QED) is 0.753. The second kappa shape index (κ2) is 5.64. The van der Waals surface area contributed by atoms with Crippen molar-refractivity contribution in [2.45, 2.75) is 19.8 Å². The van der Waals surface area contributed by atoms with E-state index in [1.54, 1.807) is 0 Å². The number of H-pyrrole nitrogens is 1. The summed E-state index contributed by atoms with van der Waals surface area (Å²) in [6.07, 6.45) is 1.26. The molecule has 0 fully saturated rings. The van der Waals surface area contributed by atoms with Gasteiger partial charge in [0.2, 0.25) is 11.9 Å². The minimum absolute atomic E-state index is 0.0330. The van der Waals surface area contributed by atoms with Crippen LogP contribution in [0, 0.1) is 5.92 Å². The molecule has 0 aliphatic heterocycles. The van der Waals surface area contributed by atoms with E-state index >= 15 is 0 Å². The number of imidazole rings is 1. The van der Waals surface area contributed by atoms with Gasteiger partial charge in [0.25, 0.3) is 0 Å². The van der Waals surface area contributed by atoms with Gasteiger partial charge >= 0.3 is 0 Å². The number of anilines is 1. The molecule has 96 valence electrons. The smallest absolute Gasteiger partial charge is 0.226 e. The van der Waals surface area contributed by atoms with Crippen molar-refractivity contribution in [1.29, 1.82) is 0 Å². The highest BCUT2D eigenvalue weighted by Gasteiger charge is 2.08. The normalized spacial score (nSPS) is 12.6. The third kappa shape index (κ3) is 3.07. The average molecular weight is 246 g/mol. The molecule has 0 aliphatic rings. The highest BCUT2D eigenvalue weighted by molar-refractivity contribution is 5.90. The molecule has 0 aliphatic carbocycles. The van der Waals surface area contributed by atoms with E-state index in [1.807, 2.05) is 31.2 Å². The summed E-state index contributed by atoms with van der Waals surface area (Å²) in [6, 6.07) is 7.67. The molecule has 1 amide bonds. The number of hydrogen-bond donors (Lipinski definition) is 3. The SMILES string of the molecule is CC(CN)CCC(=O)Nc1nc2ccccc2[nH]1. The lowest BCUT2D eigenvalue weighted by atomic mass is 10.1. The van der Waals surface area contributed by atoms with Crippen LogP contribution in [-0.2, 0) is 4.79 Å². The molecule has 2 rings (SSSR count). The van der Waals surface area contributed by atoms with Gasteiger partial charge in [0.05, 0.1) is 11.0 Å². The molecule has 1 atom stereocenters. The number of carbonyl (C=O) groups is 1. The maximum Gasteiger partial charge on any atom is 0.226 e. The molecule has 1 aromatic heterocycles. The Hall–Kier alpha value is -1.88. The van der Waals surface area contributed by atoms with Gasteiger partial charge in [-0.25, -0.2) is 4.98 Å². The molecule has 5 heteroatoms. The average Bonchev–Trinajstić information content (AvgIpc) is 2.77. The molecule has 4 N–H and O–H groups in total. The maximum atomic E-state index is 11.7. The Labute approximate surface area is 106 Å². The fourth-order valence-corrected chi connectivity index (χ4v) is 1.70. The van der Waals surface area contributed by atoms with E-state index in [0.29, 0.717) is 24.8 Å². The van der Waals surface area contributed by atoms with E-state index in [2.05, 4.69) is 15.3 Å². The second-order valence-corrected chi connectivity index (χ2v) is 4.53. The summed E-state index contributed by atoms with van der Waals surface area (Å²) in [7, 11) is 0. The number of amides is 1. The number of benzene rings is 1. The fraction of sp³-hybridized carbons (Fsp3) is 0.385. The Morgan fingerprint density at radius 1 is 1.50 bits per heavy atom. The van der Waals surface area contributed by atoms with Crippen LogP contribution in [-0.4, -0.2) is 22.4 Å². The summed E-state index contributed by atoms with van der Waals surface area (Å²) in [5.41, 5.74) is 7.28. The van der Waals surface area contributed by atoms with Crippen molar-refractivity contribution in [3.05, 3.63) is 24.3 Å². The molecule has 1 unspecified atom stereocenters. The van der Waals surface area contributed by atoms with Crippen LogP contribution in [0.2, 0.25) is 0 Å². The Bertz CT molecular complexity index is 502. The Kier molecular flexibility index (Phi) is 3.94. The molecular formula is C13H18N4O. The predicted octanol–water partition coefficient (Wildman–Crippen LogP) is 1.88. The molecule has 5 nitrogen and oxygen atoms in total. The number of nitrogens with one attached hydrogen (secondary N) is 2. The highest BCUT2D eigenvalue weighted by atomic mass is 16.1. The first kappa shape index (κ1) is 12.6. The summed E-state index contributed by atoms with van der Waals surface area (Å²) in [6.45, 7) is 2.65. The van der Waals surface area contributed by atoms with Crippen LogP contribution in [0.1, 0.15) is 19.8 Å². The topological polar surface area (TPSA) is 83.8 Å². The van der Waals surface area contributed by atoms with Crippen molar-refractivity contribution in [2.24, 2.45) is 11.7 Å². The number of rotatable bonds is 5. The van der Waals surface area contributed by atoms with E-state index in [4.69, 9.17) is 5.73 Å². The molecule has 18 heavy (non-hydrogen) atoms. The van der Waals surface area contributed by atoms with Crippen LogP contribution < -0.4 is 11.1 Å². The lowest BCUT2D eigenvalue weighted by Gasteiger charge is -2.06. The van der Waals surface area contributed by atoms with Crippen LogP contribution in [0.15, 0.2) is 24.3 Å². The van der Waals surface area contributed by atoms with Gasteiger partial charge in [0.1, 0.15) is 0 Å². The number of nitrogens with zero attached hydrogens (tertiary/aromatic N) is 1. The van der Waals surface area contributed by atoms with Crippen molar-refractivity contribution >= 4 is 22.9 Å². The van der Waals surface area contributed by atoms with Crippen molar-refractivity contribution < 1.29 is 4.79 Å². The molecule has 0 spiro atoms. The van der Waals surface area contributed by atoms with Crippen molar-refractivity contribution in [2.75, 3.05) is 11.9 Å². The number of aromatic nitrogens is 2. The standard InChI is InChI=1S/C13H18N4O/c1-9(8-14)6-7-12(18)17-13-15-10-4-2-3-5-11(10)16-13/h2-5,9H,6-8,14H2,1H3,(H2,15,16,17,18). The van der Waals surface area contributed by atoms with Crippen molar-refractivity contribution in [3.8, 4) is 0 Å². The van der Waals surface area contributed by atoms with Gasteiger partial charge in [-0.2, -0.15) is 0 Å². The van der Waals surface area contributed by atoms with E-state index in [-0.39, 0.29) is 5.91 Å². The molecule has 1 heterocycles. The Morgan fingerprint density at radius 2 is 2.28 bits per heavy atom. The molecule has 1 aromatic carbocycles. The molecule has 0 saturated heterocycles. The fourth-order valence-electron chi connectivity index (χ4n) is 1.70. The number of fused-ring (bicyclic) bond motifs is 1. The van der Waals surface area contributed by atoms with E-state index in [1.165, 1.54) is 0 Å². The monoisotopic (exact) mass is 246 g/mol. The van der Waals surface area contributed by atoms with Gasteiger partial charge < -0.3 is 10.7 Å². The summed E-state index contributed by atoms with van der Waals surface area (Å²) in [5, 5.41) is 2.76. The molecule has 0 radical (unpaired) electrons. The number of aromatic amines is 1. The summed E-state index contributed by atoms with van der Waals surface area (Å²) in [4.78, 5) is 19.0. The van der Waals surface area contributed by atoms with Crippen LogP contribution in [0.25, 0.3) is 11.0 Å². The lowest BCUT2D eigenvalue weighted by Crippen LogP contribution is -2.16. The number of carbonyl (C=O) groups excluding carboxylic acids is 1. The maximum absolute atomic E-state index is 11.7. The van der Waals surface area contributed by atoms with E-state index < -0.39 is 0 Å². The van der Waals surface area contributed by atoms with Gasteiger partial charge in [-0.3, -0.25) is 10.1 Å². The summed E-state index contributed by atoms with van der Waals surface area (Å²) < 4.78 is 0. The van der Waals surface area contributed by atoms with Crippen molar-refractivity contribution in [1.82, 2.24) is 9.97 Å². The molecular weight excluding hydrogens is 228 g/mol. The first-order chi connectivity index (χ1) is 8.69. The van der Waals surface area contributed by atoms with Crippen LogP contribution in [0.3, 0.4) is 0 Å². The van der Waals surface area contributed by atoms with Gasteiger partial charge in [0.15, 0.2) is 0 Å². The van der Waals surface area contributed by atoms with Crippen molar-refractivity contribution in [3.63, 3.8) is 0 Å². The van der Waals surface area contributed by atoms with E-state index in [0.717, 1.165) is 17.5 Å². The van der Waals surface area contributed by atoms with Crippen LogP contribution in [0.5, 0.6) is 0 Å². The molecule has 0 saturated carbocycles. The first-order valence-electron chi connectivity index (χ1n) is 6.13. The third-order valence-corrected chi connectivity index (χ3v) is 2.91. The minimum atomic E-state index is -0.0330. The number of hydrogen-bond acceptors (Lipinski definition) is 3. The van der Waals surface area contributed by atoms with Crippen LogP contribution >= 0.6 is 0 Å². The lowest BCUT2D eigenvalue weighted by molar-refractivity contribution is -0.116. The summed E-state index contributed by atoms with van der Waals surface area (Å²) >= 11 is 0. The van der Waals surface area contributed by atoms with Gasteiger partial charge in [-0.05, 0) is 31.0 Å². The largest absolute Gasteiger partial charge is 0.330 e. The molecule has 0 bridgehead atoms. The number of para-hydroxylation sites is 2. The van der Waals surface area contributed by atoms with Gasteiger partial charge in [-0.1, -0.05) is 19.1 Å². The third-order valence-electron chi connectivity index (χ3n) is 2.91. The Balaban J connectivity index is 1.94. The predicted molar refractivity (Wildman–Crippen MR) is 72.2 cm³/mol. The van der Waals surface area contributed by atoms with Gasteiger partial charge in [-0.15, -0.1) is 0 Å². The zero-order chi connectivity index (χ0) is 13.0. The second-order valence-electron chi connectivity index (χ2n) is 4.53. The minimum Gasteiger partial charge on any atom is -0.330 e. The highest BCUT2D eigenvalue weighted by Crippen LogP contribution is 2.13. The Morgan fingerprint density at radius 3 is 3.00 bits per heavy atom. The zero-order valence-corrected chi connectivity index (χ0v) is 10.4. The van der Waals surface area contributed by atoms with Crippen LogP contribution in [0.4, 0.5) is 5.95 Å². The molecule has 2 aromatic rings. The number of nitrogens with two attached hydrogens (primary N) is 1. The van der Waals surface area contributed by atoms with E-state index in [9.17, 15) is 4.79 Å². The first-order valence-corrected chi connectivity index (χ1v) is 6.13. The zero-order valence-electron chi connectivity index (χ0n) is 10.4.